The molecule has 1 heterocycles. The number of thiazole rings is 1. The van der Waals surface area contributed by atoms with Crippen molar-refractivity contribution in [1.82, 2.24) is 4.98 Å². The second-order valence-corrected chi connectivity index (χ2v) is 6.10. The topological polar surface area (TPSA) is 37.3 Å². The van der Waals surface area contributed by atoms with E-state index in [1.165, 1.54) is 5.56 Å². The Morgan fingerprint density at radius 2 is 1.50 bits per heavy atom. The molecule has 0 saturated heterocycles. The highest BCUT2D eigenvalue weighted by Crippen LogP contribution is 2.38. The summed E-state index contributed by atoms with van der Waals surface area (Å²) in [5.41, 5.74) is 7.28. The molecule has 0 saturated carbocycles. The molecule has 1 aromatic heterocycles. The number of hydrogen-bond acceptors (Lipinski definition) is 4. The zero-order valence-corrected chi connectivity index (χ0v) is 13.4. The van der Waals surface area contributed by atoms with Crippen LogP contribution in [0.15, 0.2) is 65.8 Å². The van der Waals surface area contributed by atoms with Gasteiger partial charge in [-0.05, 0) is 19.4 Å². The van der Waals surface area contributed by atoms with Crippen molar-refractivity contribution in [3.05, 3.63) is 60.7 Å². The van der Waals surface area contributed by atoms with Gasteiger partial charge in [-0.1, -0.05) is 72.0 Å². The van der Waals surface area contributed by atoms with Crippen LogP contribution in [-0.2, 0) is 0 Å². The minimum absolute atomic E-state index is 0.805. The Morgan fingerprint density at radius 3 is 2.09 bits per heavy atom. The van der Waals surface area contributed by atoms with Crippen molar-refractivity contribution >= 4 is 22.2 Å². The first-order valence-corrected chi connectivity index (χ1v) is 7.94. The van der Waals surface area contributed by atoms with Crippen LogP contribution in [0.2, 0.25) is 0 Å². The first-order valence-electron chi connectivity index (χ1n) is 7.12. The highest BCUT2D eigenvalue weighted by molar-refractivity contribution is 7.19. The second kappa shape index (κ2) is 6.54. The molecular formula is C18H17N3S. The van der Waals surface area contributed by atoms with Crippen LogP contribution in [0.1, 0.15) is 13.8 Å². The summed E-state index contributed by atoms with van der Waals surface area (Å²) in [4.78, 5) is 5.88. The molecule has 0 spiro atoms. The van der Waals surface area contributed by atoms with Crippen LogP contribution in [0.3, 0.4) is 0 Å². The van der Waals surface area contributed by atoms with Gasteiger partial charge in [0.05, 0.1) is 10.6 Å². The Bertz CT molecular complexity index is 716. The van der Waals surface area contributed by atoms with Gasteiger partial charge in [0.2, 0.25) is 5.13 Å². The maximum atomic E-state index is 4.73. The lowest BCUT2D eigenvalue weighted by molar-refractivity contribution is 1.27. The lowest BCUT2D eigenvalue weighted by atomic mass is 10.1. The summed E-state index contributed by atoms with van der Waals surface area (Å²) in [7, 11) is 0. The molecule has 0 amide bonds. The molecule has 0 aliphatic carbocycles. The Labute approximate surface area is 134 Å². The molecule has 0 aliphatic heterocycles. The van der Waals surface area contributed by atoms with Gasteiger partial charge in [0.15, 0.2) is 0 Å². The van der Waals surface area contributed by atoms with E-state index in [1.54, 1.807) is 11.3 Å². The Balaban J connectivity index is 2.08. The average Bonchev–Trinajstić information content (AvgIpc) is 2.99. The maximum Gasteiger partial charge on any atom is 0.204 e. The number of benzene rings is 2. The van der Waals surface area contributed by atoms with Crippen molar-refractivity contribution < 1.29 is 0 Å². The van der Waals surface area contributed by atoms with Gasteiger partial charge in [0.25, 0.3) is 0 Å². The van der Waals surface area contributed by atoms with E-state index < -0.39 is 0 Å². The van der Waals surface area contributed by atoms with Gasteiger partial charge in [-0.3, -0.25) is 5.43 Å². The lowest BCUT2D eigenvalue weighted by Crippen LogP contribution is -1.92. The number of anilines is 1. The van der Waals surface area contributed by atoms with E-state index in [9.17, 15) is 0 Å². The third kappa shape index (κ3) is 3.23. The Kier molecular flexibility index (Phi) is 4.30. The van der Waals surface area contributed by atoms with Crippen LogP contribution in [0.4, 0.5) is 5.13 Å². The van der Waals surface area contributed by atoms with Gasteiger partial charge < -0.3 is 0 Å². The number of nitrogens with one attached hydrogen (secondary N) is 1. The Morgan fingerprint density at radius 1 is 0.909 bits per heavy atom. The second-order valence-electron chi connectivity index (χ2n) is 5.10. The molecule has 3 rings (SSSR count). The van der Waals surface area contributed by atoms with E-state index >= 15 is 0 Å². The summed E-state index contributed by atoms with van der Waals surface area (Å²) in [6.45, 7) is 3.91. The van der Waals surface area contributed by atoms with E-state index in [2.05, 4.69) is 34.8 Å². The molecule has 110 valence electrons. The summed E-state index contributed by atoms with van der Waals surface area (Å²) in [6, 6.07) is 20.6. The van der Waals surface area contributed by atoms with Gasteiger partial charge in [0, 0.05) is 11.3 Å². The minimum atomic E-state index is 0.805. The van der Waals surface area contributed by atoms with Crippen molar-refractivity contribution in [2.24, 2.45) is 5.10 Å². The molecule has 0 fully saturated rings. The van der Waals surface area contributed by atoms with Crippen molar-refractivity contribution in [1.29, 1.82) is 0 Å². The van der Waals surface area contributed by atoms with Gasteiger partial charge in [-0.2, -0.15) is 5.10 Å². The first-order chi connectivity index (χ1) is 10.7. The zero-order valence-electron chi connectivity index (χ0n) is 12.6. The van der Waals surface area contributed by atoms with Crippen LogP contribution in [0.25, 0.3) is 21.7 Å². The SMILES string of the molecule is CC(C)=NNc1nc(-c2ccccc2)c(-c2ccccc2)s1. The minimum Gasteiger partial charge on any atom is -0.253 e. The molecule has 4 heteroatoms. The lowest BCUT2D eigenvalue weighted by Gasteiger charge is -2.02. The third-order valence-corrected chi connectivity index (χ3v) is 4.09. The molecule has 0 atom stereocenters. The molecule has 2 aromatic carbocycles. The fourth-order valence-corrected chi connectivity index (χ4v) is 3.04. The quantitative estimate of drug-likeness (QED) is 0.525. The smallest absolute Gasteiger partial charge is 0.204 e. The summed E-state index contributed by atoms with van der Waals surface area (Å²) in [6.07, 6.45) is 0. The van der Waals surface area contributed by atoms with Gasteiger partial charge in [-0.15, -0.1) is 0 Å². The van der Waals surface area contributed by atoms with E-state index in [0.29, 0.717) is 0 Å². The predicted molar refractivity (Wildman–Crippen MR) is 95.4 cm³/mol. The normalized spacial score (nSPS) is 10.3. The third-order valence-electron chi connectivity index (χ3n) is 3.09. The molecule has 3 aromatic rings. The summed E-state index contributed by atoms with van der Waals surface area (Å²) >= 11 is 1.62. The largest absolute Gasteiger partial charge is 0.253 e. The van der Waals surface area contributed by atoms with Crippen LogP contribution >= 0.6 is 11.3 Å². The van der Waals surface area contributed by atoms with Crippen molar-refractivity contribution in [3.63, 3.8) is 0 Å². The van der Waals surface area contributed by atoms with Crippen LogP contribution in [-0.4, -0.2) is 10.7 Å². The van der Waals surface area contributed by atoms with E-state index in [1.807, 2.05) is 50.2 Å². The number of hydrazone groups is 1. The van der Waals surface area contributed by atoms with Crippen molar-refractivity contribution in [2.75, 3.05) is 5.43 Å². The summed E-state index contributed by atoms with van der Waals surface area (Å²) < 4.78 is 0. The van der Waals surface area contributed by atoms with E-state index in [0.717, 1.165) is 27.0 Å². The molecule has 3 nitrogen and oxygen atoms in total. The van der Waals surface area contributed by atoms with Gasteiger partial charge >= 0.3 is 0 Å². The highest BCUT2D eigenvalue weighted by Gasteiger charge is 2.14. The van der Waals surface area contributed by atoms with Crippen molar-refractivity contribution in [2.45, 2.75) is 13.8 Å². The predicted octanol–water partition coefficient (Wildman–Crippen LogP) is 5.28. The number of rotatable bonds is 4. The number of hydrogen-bond donors (Lipinski definition) is 1. The monoisotopic (exact) mass is 307 g/mol. The van der Waals surface area contributed by atoms with Crippen molar-refractivity contribution in [3.8, 4) is 21.7 Å². The van der Waals surface area contributed by atoms with Gasteiger partial charge in [-0.25, -0.2) is 4.98 Å². The fraction of sp³-hybridized carbons (Fsp3) is 0.111. The van der Waals surface area contributed by atoms with Crippen LogP contribution < -0.4 is 5.43 Å². The van der Waals surface area contributed by atoms with Crippen LogP contribution in [0, 0.1) is 0 Å². The van der Waals surface area contributed by atoms with Gasteiger partial charge in [0.1, 0.15) is 0 Å². The molecule has 22 heavy (non-hydrogen) atoms. The highest BCUT2D eigenvalue weighted by atomic mass is 32.1. The number of nitrogens with zero attached hydrogens (tertiary/aromatic N) is 2. The fourth-order valence-electron chi connectivity index (χ4n) is 2.10. The molecule has 0 radical (unpaired) electrons. The molecule has 0 aliphatic rings. The molecule has 1 N–H and O–H groups in total. The average molecular weight is 307 g/mol. The Hall–Kier alpha value is -2.46. The van der Waals surface area contributed by atoms with E-state index in [4.69, 9.17) is 4.98 Å². The molecular weight excluding hydrogens is 290 g/mol. The first kappa shape index (κ1) is 14.5. The zero-order chi connectivity index (χ0) is 15.4. The summed E-state index contributed by atoms with van der Waals surface area (Å²) in [5, 5.41) is 5.06. The standard InChI is InChI=1S/C18H17N3S/c1-13(2)20-21-18-19-16(14-9-5-3-6-10-14)17(22-18)15-11-7-4-8-12-15/h3-12H,1-2H3,(H,19,21). The maximum absolute atomic E-state index is 4.73. The molecule has 0 unspecified atom stereocenters. The van der Waals surface area contributed by atoms with E-state index in [-0.39, 0.29) is 0 Å². The molecule has 0 bridgehead atoms. The summed E-state index contributed by atoms with van der Waals surface area (Å²) in [5.74, 6) is 0. The van der Waals surface area contributed by atoms with Crippen LogP contribution in [0.5, 0.6) is 0 Å². The number of aromatic nitrogens is 1.